The highest BCUT2D eigenvalue weighted by Crippen LogP contribution is 2.28. The Labute approximate surface area is 199 Å². The van der Waals surface area contributed by atoms with Gasteiger partial charge in [0.05, 0.1) is 16.8 Å². The van der Waals surface area contributed by atoms with Gasteiger partial charge >= 0.3 is 6.09 Å². The van der Waals surface area contributed by atoms with Crippen molar-refractivity contribution in [2.24, 2.45) is 0 Å². The van der Waals surface area contributed by atoms with Gasteiger partial charge < -0.3 is 14.6 Å². The van der Waals surface area contributed by atoms with E-state index in [1.165, 1.54) is 28.1 Å². The molecule has 1 aliphatic heterocycles. The topological polar surface area (TPSA) is 138 Å². The van der Waals surface area contributed by atoms with Crippen LogP contribution in [-0.4, -0.2) is 56.1 Å². The lowest BCUT2D eigenvalue weighted by Crippen LogP contribution is -2.41. The molecule has 1 fully saturated rings. The van der Waals surface area contributed by atoms with Crippen LogP contribution in [0.1, 0.15) is 65.3 Å². The van der Waals surface area contributed by atoms with E-state index in [0.717, 1.165) is 0 Å². The maximum atomic E-state index is 12.7. The van der Waals surface area contributed by atoms with E-state index in [-0.39, 0.29) is 28.8 Å². The van der Waals surface area contributed by atoms with Gasteiger partial charge in [-0.15, -0.1) is 11.3 Å². The first-order valence-corrected chi connectivity index (χ1v) is 11.7. The molecule has 1 aliphatic rings. The summed E-state index contributed by atoms with van der Waals surface area (Å²) in [7, 11) is 0. The molecule has 4 heterocycles. The predicted octanol–water partition coefficient (Wildman–Crippen LogP) is 2.27. The molecule has 0 unspecified atom stereocenters. The summed E-state index contributed by atoms with van der Waals surface area (Å²) in [6, 6.07) is 4.84. The summed E-state index contributed by atoms with van der Waals surface area (Å²) in [5.41, 5.74) is 4.79. The van der Waals surface area contributed by atoms with E-state index < -0.39 is 17.4 Å². The van der Waals surface area contributed by atoms with Gasteiger partial charge in [0, 0.05) is 25.1 Å². The number of hydrogen-bond donors (Lipinski definition) is 3. The molecular weight excluding hydrogens is 460 g/mol. The number of carbonyl (C=O) groups is 3. The fraction of sp³-hybridized carbons (Fsp3) is 0.409. The molecule has 0 aromatic carbocycles. The molecule has 11 nitrogen and oxygen atoms in total. The normalized spacial score (nSPS) is 14.7. The number of aromatic nitrogens is 3. The zero-order chi connectivity index (χ0) is 24.5. The number of H-pyrrole nitrogens is 1. The highest BCUT2D eigenvalue weighted by atomic mass is 32.1. The van der Waals surface area contributed by atoms with E-state index in [2.05, 4.69) is 20.9 Å². The summed E-state index contributed by atoms with van der Waals surface area (Å²) in [6.45, 7) is 6.44. The van der Waals surface area contributed by atoms with Gasteiger partial charge in [0.25, 0.3) is 17.4 Å². The summed E-state index contributed by atoms with van der Waals surface area (Å²) < 4.78 is 6.97. The molecule has 0 bridgehead atoms. The minimum atomic E-state index is -0.604. The Morgan fingerprint density at radius 3 is 2.53 bits per heavy atom. The zero-order valence-corrected chi connectivity index (χ0v) is 19.9. The number of piperidine rings is 1. The van der Waals surface area contributed by atoms with Crippen LogP contribution in [0.2, 0.25) is 0 Å². The van der Waals surface area contributed by atoms with E-state index in [0.29, 0.717) is 36.5 Å². The highest BCUT2D eigenvalue weighted by Gasteiger charge is 2.29. The SMILES string of the molecule is CC(C)(C)OC(=O)N1CCC(c2cc(=O)[nH]c3c(C(=O)NNC(=O)c4cccs4)cnn23)CC1. The molecule has 0 aliphatic carbocycles. The Balaban J connectivity index is 1.48. The number of likely N-dealkylation sites (tertiary alicyclic amines) is 1. The van der Waals surface area contributed by atoms with Crippen molar-refractivity contribution in [3.63, 3.8) is 0 Å². The first-order valence-electron chi connectivity index (χ1n) is 10.9. The van der Waals surface area contributed by atoms with Gasteiger partial charge in [-0.05, 0) is 45.1 Å². The lowest BCUT2D eigenvalue weighted by Gasteiger charge is -2.33. The van der Waals surface area contributed by atoms with Gasteiger partial charge in [0.1, 0.15) is 16.8 Å². The Kier molecular flexibility index (Phi) is 6.42. The molecule has 3 N–H and O–H groups in total. The lowest BCUT2D eigenvalue weighted by molar-refractivity contribution is 0.0203. The Morgan fingerprint density at radius 1 is 1.18 bits per heavy atom. The van der Waals surface area contributed by atoms with Crippen LogP contribution in [0.5, 0.6) is 0 Å². The average molecular weight is 487 g/mol. The molecule has 4 rings (SSSR count). The number of aromatic amines is 1. The second kappa shape index (κ2) is 9.29. The van der Waals surface area contributed by atoms with Crippen molar-refractivity contribution in [1.82, 2.24) is 30.3 Å². The van der Waals surface area contributed by atoms with Gasteiger partial charge in [0.2, 0.25) is 0 Å². The summed E-state index contributed by atoms with van der Waals surface area (Å²) in [4.78, 5) is 54.2. The molecule has 0 spiro atoms. The molecule has 3 amide bonds. The summed E-state index contributed by atoms with van der Waals surface area (Å²) in [5, 5.41) is 6.06. The fourth-order valence-electron chi connectivity index (χ4n) is 3.80. The van der Waals surface area contributed by atoms with Crippen LogP contribution < -0.4 is 16.4 Å². The Morgan fingerprint density at radius 2 is 1.88 bits per heavy atom. The number of thiophene rings is 1. The fourth-order valence-corrected chi connectivity index (χ4v) is 4.42. The third kappa shape index (κ3) is 5.11. The second-order valence-electron chi connectivity index (χ2n) is 9.00. The van der Waals surface area contributed by atoms with Crippen LogP contribution in [0.4, 0.5) is 4.79 Å². The first kappa shape index (κ1) is 23.5. The number of hydrogen-bond acceptors (Lipinski definition) is 7. The number of nitrogens with zero attached hydrogens (tertiary/aromatic N) is 3. The monoisotopic (exact) mass is 486 g/mol. The Bertz CT molecular complexity index is 1270. The smallest absolute Gasteiger partial charge is 0.410 e. The van der Waals surface area contributed by atoms with Crippen LogP contribution >= 0.6 is 11.3 Å². The predicted molar refractivity (Wildman–Crippen MR) is 125 cm³/mol. The van der Waals surface area contributed by atoms with E-state index >= 15 is 0 Å². The quantitative estimate of drug-likeness (QED) is 0.486. The van der Waals surface area contributed by atoms with Gasteiger partial charge in [0.15, 0.2) is 0 Å². The molecule has 0 saturated carbocycles. The van der Waals surface area contributed by atoms with Crippen molar-refractivity contribution in [2.75, 3.05) is 13.1 Å². The van der Waals surface area contributed by atoms with Crippen LogP contribution in [-0.2, 0) is 4.74 Å². The van der Waals surface area contributed by atoms with Crippen molar-refractivity contribution >= 4 is 34.9 Å². The molecule has 0 atom stereocenters. The second-order valence-corrected chi connectivity index (χ2v) is 9.95. The lowest BCUT2D eigenvalue weighted by atomic mass is 9.93. The van der Waals surface area contributed by atoms with Gasteiger partial charge in [-0.25, -0.2) is 9.31 Å². The van der Waals surface area contributed by atoms with Crippen LogP contribution in [0.25, 0.3) is 5.65 Å². The zero-order valence-electron chi connectivity index (χ0n) is 19.1. The van der Waals surface area contributed by atoms with Crippen molar-refractivity contribution in [1.29, 1.82) is 0 Å². The number of carbonyl (C=O) groups excluding carboxylic acids is 3. The van der Waals surface area contributed by atoms with Crippen LogP contribution in [0, 0.1) is 0 Å². The number of rotatable bonds is 3. The largest absolute Gasteiger partial charge is 0.444 e. The molecule has 180 valence electrons. The van der Waals surface area contributed by atoms with Gasteiger partial charge in [-0.2, -0.15) is 5.10 Å². The minimum Gasteiger partial charge on any atom is -0.444 e. The van der Waals surface area contributed by atoms with E-state index in [9.17, 15) is 19.2 Å². The molecule has 3 aromatic rings. The van der Waals surface area contributed by atoms with Gasteiger partial charge in [-0.1, -0.05) is 6.07 Å². The highest BCUT2D eigenvalue weighted by molar-refractivity contribution is 7.12. The van der Waals surface area contributed by atoms with E-state index in [1.807, 2.05) is 20.8 Å². The summed E-state index contributed by atoms with van der Waals surface area (Å²) in [5.74, 6) is -1.07. The third-order valence-electron chi connectivity index (χ3n) is 5.38. The molecule has 1 saturated heterocycles. The molecular formula is C22H26N6O5S. The van der Waals surface area contributed by atoms with Crippen molar-refractivity contribution in [3.8, 4) is 0 Å². The molecule has 34 heavy (non-hydrogen) atoms. The van der Waals surface area contributed by atoms with Crippen molar-refractivity contribution in [2.45, 2.75) is 45.1 Å². The van der Waals surface area contributed by atoms with Crippen molar-refractivity contribution in [3.05, 3.63) is 56.3 Å². The van der Waals surface area contributed by atoms with Crippen molar-refractivity contribution < 1.29 is 19.1 Å². The summed E-state index contributed by atoms with van der Waals surface area (Å²) >= 11 is 1.25. The van der Waals surface area contributed by atoms with E-state index in [4.69, 9.17) is 4.74 Å². The number of fused-ring (bicyclic) bond motifs is 1. The molecule has 3 aromatic heterocycles. The molecule has 12 heteroatoms. The first-order chi connectivity index (χ1) is 16.1. The average Bonchev–Trinajstić information content (AvgIpc) is 3.46. The van der Waals surface area contributed by atoms with Crippen LogP contribution in [0.3, 0.4) is 0 Å². The third-order valence-corrected chi connectivity index (χ3v) is 6.25. The Hall–Kier alpha value is -3.67. The summed E-state index contributed by atoms with van der Waals surface area (Å²) in [6.07, 6.45) is 2.23. The maximum Gasteiger partial charge on any atom is 0.410 e. The minimum absolute atomic E-state index is 0.0298. The number of amides is 3. The van der Waals surface area contributed by atoms with Gasteiger partial charge in [-0.3, -0.25) is 25.2 Å². The van der Waals surface area contributed by atoms with E-state index in [1.54, 1.807) is 22.4 Å². The van der Waals surface area contributed by atoms with Crippen LogP contribution in [0.15, 0.2) is 34.6 Å². The standard InChI is InChI=1S/C22H26N6O5S/c1-22(2,3)33-21(32)27-8-6-13(7-9-27)15-11-17(29)24-18-14(12-23-28(15)18)19(30)25-26-20(31)16-5-4-10-34-16/h4-5,10-13H,6-9H2,1-3H3,(H,24,29)(H,25,30)(H,26,31). The maximum absolute atomic E-state index is 12.7. The molecule has 0 radical (unpaired) electrons. The number of hydrazine groups is 1. The number of nitrogens with one attached hydrogen (secondary N) is 3. The number of ether oxygens (including phenoxy) is 1.